The summed E-state index contributed by atoms with van der Waals surface area (Å²) in [5.74, 6) is -0.155. The van der Waals surface area contributed by atoms with Crippen molar-refractivity contribution < 1.29 is 4.39 Å². The van der Waals surface area contributed by atoms with E-state index in [0.29, 0.717) is 6.04 Å². The summed E-state index contributed by atoms with van der Waals surface area (Å²) in [6, 6.07) is 5.66. The molecule has 0 radical (unpaired) electrons. The molecule has 0 spiro atoms. The van der Waals surface area contributed by atoms with Crippen LogP contribution in [0.2, 0.25) is 0 Å². The molecule has 88 valence electrons. The fraction of sp³-hybridized carbons (Fsp3) is 0.538. The van der Waals surface area contributed by atoms with Gasteiger partial charge >= 0.3 is 0 Å². The SMILES string of the molecule is Fc1cc(Br)cc(CC2CCCCCN2)c1. The molecule has 0 bridgehead atoms. The van der Waals surface area contributed by atoms with Crippen molar-refractivity contribution in [2.75, 3.05) is 6.54 Å². The molecule has 1 aromatic rings. The summed E-state index contributed by atoms with van der Waals surface area (Å²) in [4.78, 5) is 0. The van der Waals surface area contributed by atoms with Crippen molar-refractivity contribution in [1.82, 2.24) is 5.32 Å². The molecule has 1 aromatic carbocycles. The molecular weight excluding hydrogens is 269 g/mol. The van der Waals surface area contributed by atoms with E-state index >= 15 is 0 Å². The van der Waals surface area contributed by atoms with Gasteiger partial charge in [0.25, 0.3) is 0 Å². The van der Waals surface area contributed by atoms with Crippen molar-refractivity contribution in [3.63, 3.8) is 0 Å². The Balaban J connectivity index is 2.01. The highest BCUT2D eigenvalue weighted by molar-refractivity contribution is 9.10. The van der Waals surface area contributed by atoms with Gasteiger partial charge in [0.15, 0.2) is 0 Å². The highest BCUT2D eigenvalue weighted by Crippen LogP contribution is 2.18. The number of benzene rings is 1. The van der Waals surface area contributed by atoms with Crippen LogP contribution >= 0.6 is 15.9 Å². The van der Waals surface area contributed by atoms with Crippen LogP contribution in [0.1, 0.15) is 31.2 Å². The fourth-order valence-electron chi connectivity index (χ4n) is 2.29. The molecule has 1 heterocycles. The van der Waals surface area contributed by atoms with E-state index in [1.54, 1.807) is 6.07 Å². The van der Waals surface area contributed by atoms with Crippen molar-refractivity contribution in [3.8, 4) is 0 Å². The maximum atomic E-state index is 13.2. The van der Waals surface area contributed by atoms with Crippen molar-refractivity contribution in [3.05, 3.63) is 34.1 Å². The second kappa shape index (κ2) is 5.78. The maximum Gasteiger partial charge on any atom is 0.124 e. The van der Waals surface area contributed by atoms with Gasteiger partial charge in [0, 0.05) is 10.5 Å². The highest BCUT2D eigenvalue weighted by atomic mass is 79.9. The molecule has 2 rings (SSSR count). The molecule has 3 heteroatoms. The first-order valence-corrected chi connectivity index (χ1v) is 6.72. The molecule has 1 fully saturated rings. The third-order valence-electron chi connectivity index (χ3n) is 3.07. The first-order chi connectivity index (χ1) is 7.74. The lowest BCUT2D eigenvalue weighted by atomic mass is 10.0. The minimum Gasteiger partial charge on any atom is -0.314 e. The van der Waals surface area contributed by atoms with Gasteiger partial charge in [0.2, 0.25) is 0 Å². The largest absolute Gasteiger partial charge is 0.314 e. The first-order valence-electron chi connectivity index (χ1n) is 5.92. The molecule has 1 atom stereocenters. The van der Waals surface area contributed by atoms with Gasteiger partial charge in [0.05, 0.1) is 0 Å². The van der Waals surface area contributed by atoms with Crippen molar-refractivity contribution in [1.29, 1.82) is 0 Å². The second-order valence-electron chi connectivity index (χ2n) is 4.48. The molecule has 1 aliphatic heterocycles. The van der Waals surface area contributed by atoms with Gasteiger partial charge in [0.1, 0.15) is 5.82 Å². The van der Waals surface area contributed by atoms with Crippen LogP contribution < -0.4 is 5.32 Å². The lowest BCUT2D eigenvalue weighted by molar-refractivity contribution is 0.506. The lowest BCUT2D eigenvalue weighted by Crippen LogP contribution is -2.30. The number of hydrogen-bond donors (Lipinski definition) is 1. The molecule has 1 unspecified atom stereocenters. The van der Waals surface area contributed by atoms with Crippen LogP contribution in [-0.4, -0.2) is 12.6 Å². The Morgan fingerprint density at radius 3 is 2.94 bits per heavy atom. The fourth-order valence-corrected chi connectivity index (χ4v) is 2.80. The Hall–Kier alpha value is -0.410. The molecule has 0 amide bonds. The van der Waals surface area contributed by atoms with E-state index in [2.05, 4.69) is 21.2 Å². The van der Waals surface area contributed by atoms with Gasteiger partial charge in [-0.25, -0.2) is 4.39 Å². The summed E-state index contributed by atoms with van der Waals surface area (Å²) in [6.07, 6.45) is 6.00. The monoisotopic (exact) mass is 285 g/mol. The zero-order chi connectivity index (χ0) is 11.4. The normalized spacial score (nSPS) is 21.8. The molecule has 1 N–H and O–H groups in total. The number of halogens is 2. The van der Waals surface area contributed by atoms with Crippen molar-refractivity contribution >= 4 is 15.9 Å². The average Bonchev–Trinajstić information content (AvgIpc) is 2.44. The minimum atomic E-state index is -0.155. The highest BCUT2D eigenvalue weighted by Gasteiger charge is 2.12. The summed E-state index contributed by atoms with van der Waals surface area (Å²) in [7, 11) is 0. The molecule has 0 saturated carbocycles. The number of hydrogen-bond acceptors (Lipinski definition) is 1. The van der Waals surface area contributed by atoms with Crippen molar-refractivity contribution in [2.45, 2.75) is 38.1 Å². The summed E-state index contributed by atoms with van der Waals surface area (Å²) < 4.78 is 14.0. The Morgan fingerprint density at radius 2 is 2.12 bits per heavy atom. The Kier molecular flexibility index (Phi) is 4.36. The van der Waals surface area contributed by atoms with Gasteiger partial charge in [-0.05, 0) is 49.6 Å². The van der Waals surface area contributed by atoms with Crippen LogP contribution in [0.3, 0.4) is 0 Å². The van der Waals surface area contributed by atoms with Crippen LogP contribution in [0.5, 0.6) is 0 Å². The van der Waals surface area contributed by atoms with Gasteiger partial charge in [-0.3, -0.25) is 0 Å². The van der Waals surface area contributed by atoms with E-state index in [4.69, 9.17) is 0 Å². The first kappa shape index (κ1) is 12.1. The zero-order valence-electron chi connectivity index (χ0n) is 9.31. The molecule has 0 aromatic heterocycles. The van der Waals surface area contributed by atoms with Gasteiger partial charge < -0.3 is 5.32 Å². The Bertz CT molecular complexity index is 326. The van der Waals surface area contributed by atoms with E-state index in [9.17, 15) is 4.39 Å². The van der Waals surface area contributed by atoms with E-state index in [1.165, 1.54) is 31.7 Å². The van der Waals surface area contributed by atoms with Crippen LogP contribution in [-0.2, 0) is 6.42 Å². The minimum absolute atomic E-state index is 0.155. The van der Waals surface area contributed by atoms with Crippen LogP contribution in [0.15, 0.2) is 22.7 Å². The van der Waals surface area contributed by atoms with Crippen LogP contribution in [0.4, 0.5) is 4.39 Å². The smallest absolute Gasteiger partial charge is 0.124 e. The lowest BCUT2D eigenvalue weighted by Gasteiger charge is -2.15. The van der Waals surface area contributed by atoms with Crippen LogP contribution in [0, 0.1) is 5.82 Å². The quantitative estimate of drug-likeness (QED) is 0.874. The third kappa shape index (κ3) is 3.56. The summed E-state index contributed by atoms with van der Waals surface area (Å²) >= 11 is 3.33. The molecule has 16 heavy (non-hydrogen) atoms. The summed E-state index contributed by atoms with van der Waals surface area (Å²) in [6.45, 7) is 1.10. The van der Waals surface area contributed by atoms with Gasteiger partial charge in [-0.15, -0.1) is 0 Å². The van der Waals surface area contributed by atoms with E-state index in [0.717, 1.165) is 23.0 Å². The third-order valence-corrected chi connectivity index (χ3v) is 3.52. The molecule has 1 saturated heterocycles. The summed E-state index contributed by atoms with van der Waals surface area (Å²) in [5, 5.41) is 3.53. The van der Waals surface area contributed by atoms with Gasteiger partial charge in [-0.2, -0.15) is 0 Å². The predicted molar refractivity (Wildman–Crippen MR) is 68.1 cm³/mol. The van der Waals surface area contributed by atoms with Crippen LogP contribution in [0.25, 0.3) is 0 Å². The van der Waals surface area contributed by atoms with E-state index < -0.39 is 0 Å². The average molecular weight is 286 g/mol. The predicted octanol–water partition coefficient (Wildman–Crippen LogP) is 3.66. The summed E-state index contributed by atoms with van der Waals surface area (Å²) in [5.41, 5.74) is 1.08. The zero-order valence-corrected chi connectivity index (χ0v) is 10.9. The maximum absolute atomic E-state index is 13.2. The Morgan fingerprint density at radius 1 is 1.25 bits per heavy atom. The number of rotatable bonds is 2. The second-order valence-corrected chi connectivity index (χ2v) is 5.40. The molecule has 0 aliphatic carbocycles. The van der Waals surface area contributed by atoms with E-state index in [-0.39, 0.29) is 5.82 Å². The standard InChI is InChI=1S/C13H17BrFN/c14-11-6-10(7-12(15)9-11)8-13-4-2-1-3-5-16-13/h6-7,9,13,16H,1-5,8H2. The molecule has 1 aliphatic rings. The van der Waals surface area contributed by atoms with Gasteiger partial charge in [-0.1, -0.05) is 28.8 Å². The van der Waals surface area contributed by atoms with Crippen molar-refractivity contribution in [2.24, 2.45) is 0 Å². The topological polar surface area (TPSA) is 12.0 Å². The Labute approximate surface area is 105 Å². The van der Waals surface area contributed by atoms with E-state index in [1.807, 2.05) is 6.07 Å². The molecule has 1 nitrogen and oxygen atoms in total. The molecular formula is C13H17BrFN. The number of nitrogens with one attached hydrogen (secondary N) is 1.